The molecule has 6 heteroatoms. The van der Waals surface area contributed by atoms with Gasteiger partial charge in [-0.05, 0) is 37.3 Å². The number of nitrogens with zero attached hydrogens (tertiary/aromatic N) is 3. The molecule has 0 fully saturated rings. The molecule has 1 aromatic rings. The van der Waals surface area contributed by atoms with Crippen LogP contribution in [0.1, 0.15) is 26.0 Å². The van der Waals surface area contributed by atoms with Crippen molar-refractivity contribution in [2.45, 2.75) is 33.7 Å². The zero-order valence-electron chi connectivity index (χ0n) is 10.6. The van der Waals surface area contributed by atoms with E-state index < -0.39 is 4.92 Å². The number of aromatic nitrogens is 2. The fourth-order valence-electron chi connectivity index (χ4n) is 1.65. The van der Waals surface area contributed by atoms with E-state index in [4.69, 9.17) is 0 Å². The van der Waals surface area contributed by atoms with Crippen LogP contribution in [0.4, 0.5) is 5.82 Å². The maximum Gasteiger partial charge on any atom is 0.390 e. The molecule has 0 aromatic carbocycles. The molecule has 1 rings (SSSR count). The van der Waals surface area contributed by atoms with Crippen molar-refractivity contribution in [2.24, 2.45) is 5.92 Å². The Morgan fingerprint density at radius 1 is 1.65 bits per heavy atom. The number of hydrogen-bond donors (Lipinski definition) is 1. The largest absolute Gasteiger partial charge is 0.390 e. The number of aryl methyl sites for hydroxylation is 1. The molecule has 1 N–H and O–H groups in total. The van der Waals surface area contributed by atoms with Gasteiger partial charge in [-0.2, -0.15) is 4.68 Å². The molecule has 96 valence electrons. The van der Waals surface area contributed by atoms with E-state index in [0.29, 0.717) is 12.5 Å². The van der Waals surface area contributed by atoms with Crippen LogP contribution in [0.15, 0.2) is 6.07 Å². The summed E-state index contributed by atoms with van der Waals surface area (Å²) in [6.07, 6.45) is 1.11. The summed E-state index contributed by atoms with van der Waals surface area (Å²) in [7, 11) is 0. The van der Waals surface area contributed by atoms with Crippen LogP contribution in [0.3, 0.4) is 0 Å². The summed E-state index contributed by atoms with van der Waals surface area (Å²) in [6, 6.07) is 1.51. The molecule has 0 saturated carbocycles. The van der Waals surface area contributed by atoms with Gasteiger partial charge in [0, 0.05) is 0 Å². The van der Waals surface area contributed by atoms with Gasteiger partial charge in [0.25, 0.3) is 0 Å². The Bertz CT molecular complexity index is 376. The topological polar surface area (TPSA) is 73.0 Å². The van der Waals surface area contributed by atoms with E-state index in [2.05, 4.69) is 24.3 Å². The van der Waals surface area contributed by atoms with Crippen molar-refractivity contribution in [3.8, 4) is 0 Å². The van der Waals surface area contributed by atoms with Crippen molar-refractivity contribution in [3.63, 3.8) is 0 Å². The highest BCUT2D eigenvalue weighted by molar-refractivity contribution is 5.20. The van der Waals surface area contributed by atoms with Crippen molar-refractivity contribution in [2.75, 3.05) is 13.1 Å². The van der Waals surface area contributed by atoms with Crippen LogP contribution in [0.25, 0.3) is 0 Å². The standard InChI is InChI=1S/C11H20N4O2/c1-4-5-12-7-9(2)8-14-10(3)6-11(13-14)15(16)17/h6,9,12H,4-5,7-8H2,1-3H3. The summed E-state index contributed by atoms with van der Waals surface area (Å²) < 4.78 is 1.70. The van der Waals surface area contributed by atoms with Gasteiger partial charge in [0.1, 0.15) is 0 Å². The van der Waals surface area contributed by atoms with Gasteiger partial charge in [-0.3, -0.25) is 0 Å². The molecule has 1 heterocycles. The quantitative estimate of drug-likeness (QED) is 0.447. The van der Waals surface area contributed by atoms with Crippen LogP contribution >= 0.6 is 0 Å². The van der Waals surface area contributed by atoms with E-state index in [1.165, 1.54) is 6.07 Å². The second-order valence-electron chi connectivity index (χ2n) is 4.39. The van der Waals surface area contributed by atoms with Crippen LogP contribution in [0.2, 0.25) is 0 Å². The summed E-state index contributed by atoms with van der Waals surface area (Å²) in [5, 5.41) is 17.9. The Kier molecular flexibility index (Phi) is 5.09. The summed E-state index contributed by atoms with van der Waals surface area (Å²) in [5.74, 6) is 0.330. The predicted octanol–water partition coefficient (Wildman–Crippen LogP) is 1.74. The maximum absolute atomic E-state index is 10.6. The highest BCUT2D eigenvalue weighted by Crippen LogP contribution is 2.12. The minimum Gasteiger partial charge on any atom is -0.358 e. The molecule has 0 radical (unpaired) electrons. The lowest BCUT2D eigenvalue weighted by Gasteiger charge is -2.11. The van der Waals surface area contributed by atoms with Crippen molar-refractivity contribution in [1.82, 2.24) is 15.1 Å². The second-order valence-corrected chi connectivity index (χ2v) is 4.39. The van der Waals surface area contributed by atoms with Crippen molar-refractivity contribution >= 4 is 5.82 Å². The van der Waals surface area contributed by atoms with Gasteiger partial charge >= 0.3 is 5.82 Å². The highest BCUT2D eigenvalue weighted by atomic mass is 16.6. The van der Waals surface area contributed by atoms with Crippen LogP contribution in [0.5, 0.6) is 0 Å². The number of rotatable bonds is 7. The molecule has 0 aliphatic heterocycles. The van der Waals surface area contributed by atoms with Crippen LogP contribution in [-0.2, 0) is 6.54 Å². The van der Waals surface area contributed by atoms with Crippen molar-refractivity contribution in [1.29, 1.82) is 0 Å². The van der Waals surface area contributed by atoms with Gasteiger partial charge in [-0.15, -0.1) is 0 Å². The Hall–Kier alpha value is -1.43. The van der Waals surface area contributed by atoms with Gasteiger partial charge in [0.15, 0.2) is 0 Å². The predicted molar refractivity (Wildman–Crippen MR) is 65.9 cm³/mol. The van der Waals surface area contributed by atoms with Crippen LogP contribution in [0, 0.1) is 23.0 Å². The van der Waals surface area contributed by atoms with Gasteiger partial charge in [-0.25, -0.2) is 0 Å². The minimum absolute atomic E-state index is 0.0729. The van der Waals surface area contributed by atoms with E-state index in [0.717, 1.165) is 25.2 Å². The summed E-state index contributed by atoms with van der Waals surface area (Å²) >= 11 is 0. The smallest absolute Gasteiger partial charge is 0.358 e. The number of hydrogen-bond acceptors (Lipinski definition) is 4. The van der Waals surface area contributed by atoms with Gasteiger partial charge < -0.3 is 15.4 Å². The first-order valence-corrected chi connectivity index (χ1v) is 5.94. The third kappa shape index (κ3) is 4.14. The first kappa shape index (κ1) is 13.6. The molecule has 0 bridgehead atoms. The zero-order valence-corrected chi connectivity index (χ0v) is 10.6. The molecule has 0 aliphatic carbocycles. The normalized spacial score (nSPS) is 12.6. The van der Waals surface area contributed by atoms with Crippen molar-refractivity contribution < 1.29 is 4.92 Å². The summed E-state index contributed by atoms with van der Waals surface area (Å²) in [6.45, 7) is 8.68. The first-order chi connectivity index (χ1) is 8.04. The Morgan fingerprint density at radius 3 is 2.88 bits per heavy atom. The third-order valence-corrected chi connectivity index (χ3v) is 2.56. The molecular weight excluding hydrogens is 220 g/mol. The van der Waals surface area contributed by atoms with E-state index >= 15 is 0 Å². The van der Waals surface area contributed by atoms with E-state index in [1.54, 1.807) is 4.68 Å². The average Bonchev–Trinajstić information content (AvgIpc) is 2.61. The second kappa shape index (κ2) is 6.34. The lowest BCUT2D eigenvalue weighted by atomic mass is 10.2. The Labute approximate surface area is 101 Å². The Balaban J connectivity index is 2.52. The molecule has 1 aromatic heterocycles. The van der Waals surface area contributed by atoms with Gasteiger partial charge in [0.2, 0.25) is 0 Å². The molecule has 0 spiro atoms. The zero-order chi connectivity index (χ0) is 12.8. The van der Waals surface area contributed by atoms with Gasteiger partial charge in [-0.1, -0.05) is 13.8 Å². The summed E-state index contributed by atoms with van der Waals surface area (Å²) in [5.41, 5.74) is 0.832. The molecule has 0 aliphatic rings. The molecule has 17 heavy (non-hydrogen) atoms. The summed E-state index contributed by atoms with van der Waals surface area (Å²) in [4.78, 5) is 10.1. The van der Waals surface area contributed by atoms with Crippen molar-refractivity contribution in [3.05, 3.63) is 21.9 Å². The lowest BCUT2D eigenvalue weighted by molar-refractivity contribution is -0.389. The maximum atomic E-state index is 10.6. The molecule has 6 nitrogen and oxygen atoms in total. The molecular formula is C11H20N4O2. The van der Waals surface area contributed by atoms with Crippen LogP contribution in [-0.4, -0.2) is 27.8 Å². The van der Waals surface area contributed by atoms with E-state index in [1.807, 2.05) is 6.92 Å². The van der Waals surface area contributed by atoms with E-state index in [9.17, 15) is 10.1 Å². The fourth-order valence-corrected chi connectivity index (χ4v) is 1.65. The lowest BCUT2D eigenvalue weighted by Crippen LogP contribution is -2.25. The minimum atomic E-state index is -0.455. The highest BCUT2D eigenvalue weighted by Gasteiger charge is 2.16. The number of nitrogens with one attached hydrogen (secondary N) is 1. The third-order valence-electron chi connectivity index (χ3n) is 2.56. The molecule has 0 saturated heterocycles. The fraction of sp³-hybridized carbons (Fsp3) is 0.727. The van der Waals surface area contributed by atoms with Gasteiger partial charge in [0.05, 0.1) is 23.4 Å². The Morgan fingerprint density at radius 2 is 2.35 bits per heavy atom. The SMILES string of the molecule is CCCNCC(C)Cn1nc([N+](=O)[O-])cc1C. The average molecular weight is 240 g/mol. The number of nitro groups is 1. The molecule has 1 unspecified atom stereocenters. The first-order valence-electron chi connectivity index (χ1n) is 5.94. The van der Waals surface area contributed by atoms with E-state index in [-0.39, 0.29) is 5.82 Å². The molecule has 0 amide bonds. The monoisotopic (exact) mass is 240 g/mol. The van der Waals surface area contributed by atoms with Crippen LogP contribution < -0.4 is 5.32 Å². The molecule has 1 atom stereocenters.